The lowest BCUT2D eigenvalue weighted by molar-refractivity contribution is 0.480. The van der Waals surface area contributed by atoms with Gasteiger partial charge in [-0.1, -0.05) is 18.2 Å². The number of benzene rings is 2. The predicted octanol–water partition coefficient (Wildman–Crippen LogP) is 3.88. The summed E-state index contributed by atoms with van der Waals surface area (Å²) in [6.07, 6.45) is 1.77. The van der Waals surface area contributed by atoms with E-state index >= 15 is 0 Å². The van der Waals surface area contributed by atoms with E-state index in [-0.39, 0.29) is 5.82 Å². The summed E-state index contributed by atoms with van der Waals surface area (Å²) in [5.74, 6) is 1.71. The fourth-order valence-corrected chi connectivity index (χ4v) is 2.40. The van der Waals surface area contributed by atoms with Gasteiger partial charge >= 0.3 is 0 Å². The Hall–Kier alpha value is -3.41. The Morgan fingerprint density at radius 3 is 2.22 bits per heavy atom. The van der Waals surface area contributed by atoms with Crippen LogP contribution >= 0.6 is 0 Å². The molecule has 0 saturated heterocycles. The molecular formula is C21H21FN4O. The number of rotatable bonds is 6. The highest BCUT2D eigenvalue weighted by Crippen LogP contribution is 2.21. The van der Waals surface area contributed by atoms with E-state index in [2.05, 4.69) is 20.6 Å². The van der Waals surface area contributed by atoms with Gasteiger partial charge in [-0.05, 0) is 54.1 Å². The predicted molar refractivity (Wildman–Crippen MR) is 104 cm³/mol. The number of ether oxygens (including phenoxy) is 1. The number of hydrogen-bond donors (Lipinski definition) is 2. The minimum absolute atomic E-state index is 0.284. The van der Waals surface area contributed by atoms with Crippen LogP contribution in [0, 0.1) is 5.82 Å². The second-order valence-corrected chi connectivity index (χ2v) is 5.80. The summed E-state index contributed by atoms with van der Waals surface area (Å²) in [5, 5.41) is 6.49. The highest BCUT2D eigenvalue weighted by Gasteiger charge is 2.01. The minimum atomic E-state index is -0.284. The van der Waals surface area contributed by atoms with Crippen molar-refractivity contribution in [3.8, 4) is 11.5 Å². The van der Waals surface area contributed by atoms with Crippen molar-refractivity contribution in [1.82, 2.24) is 15.6 Å². The van der Waals surface area contributed by atoms with E-state index in [4.69, 9.17) is 4.74 Å². The summed E-state index contributed by atoms with van der Waals surface area (Å²) in [6, 6.07) is 19.4. The van der Waals surface area contributed by atoms with Gasteiger partial charge in [-0.3, -0.25) is 9.98 Å². The molecule has 0 amide bonds. The molecule has 0 atom stereocenters. The van der Waals surface area contributed by atoms with Crippen molar-refractivity contribution < 1.29 is 9.13 Å². The zero-order valence-electron chi connectivity index (χ0n) is 15.0. The average Bonchev–Trinajstić information content (AvgIpc) is 2.72. The van der Waals surface area contributed by atoms with Crippen LogP contribution in [0.2, 0.25) is 0 Å². The third kappa shape index (κ3) is 5.81. The molecule has 138 valence electrons. The Kier molecular flexibility index (Phi) is 6.35. The number of pyridine rings is 1. The lowest BCUT2D eigenvalue weighted by atomic mass is 10.2. The van der Waals surface area contributed by atoms with E-state index in [9.17, 15) is 4.39 Å². The zero-order valence-corrected chi connectivity index (χ0v) is 15.0. The van der Waals surface area contributed by atoms with Crippen molar-refractivity contribution in [1.29, 1.82) is 0 Å². The van der Waals surface area contributed by atoms with Crippen LogP contribution in [0.5, 0.6) is 11.5 Å². The first-order valence-electron chi connectivity index (χ1n) is 8.60. The van der Waals surface area contributed by atoms with E-state index in [1.165, 1.54) is 12.1 Å². The van der Waals surface area contributed by atoms with Crippen LogP contribution in [-0.2, 0) is 13.1 Å². The molecule has 6 heteroatoms. The number of aliphatic imine (C=N–C) groups is 1. The van der Waals surface area contributed by atoms with Gasteiger partial charge < -0.3 is 15.4 Å². The lowest BCUT2D eigenvalue weighted by Gasteiger charge is -2.12. The molecule has 0 aliphatic heterocycles. The molecule has 1 heterocycles. The number of aromatic nitrogens is 1. The molecule has 2 aromatic carbocycles. The first-order chi connectivity index (χ1) is 13.2. The third-order valence-electron chi connectivity index (χ3n) is 3.82. The van der Waals surface area contributed by atoms with E-state index in [1.54, 1.807) is 25.4 Å². The second kappa shape index (κ2) is 9.33. The van der Waals surface area contributed by atoms with Crippen LogP contribution in [0.4, 0.5) is 4.39 Å². The van der Waals surface area contributed by atoms with Gasteiger partial charge in [0.2, 0.25) is 0 Å². The molecule has 0 aliphatic rings. The summed E-state index contributed by atoms with van der Waals surface area (Å²) in [5.41, 5.74) is 2.03. The molecule has 0 spiro atoms. The topological polar surface area (TPSA) is 58.5 Å². The highest BCUT2D eigenvalue weighted by atomic mass is 19.1. The van der Waals surface area contributed by atoms with Gasteiger partial charge in [0.05, 0.1) is 12.2 Å². The minimum Gasteiger partial charge on any atom is -0.457 e. The summed E-state index contributed by atoms with van der Waals surface area (Å²) in [6.45, 7) is 1.23. The van der Waals surface area contributed by atoms with E-state index in [0.717, 1.165) is 11.3 Å². The van der Waals surface area contributed by atoms with E-state index in [1.807, 2.05) is 42.5 Å². The van der Waals surface area contributed by atoms with Crippen LogP contribution in [0.25, 0.3) is 0 Å². The van der Waals surface area contributed by atoms with Gasteiger partial charge in [0.15, 0.2) is 5.96 Å². The summed E-state index contributed by atoms with van der Waals surface area (Å²) < 4.78 is 18.6. The molecule has 0 saturated carbocycles. The molecule has 0 bridgehead atoms. The Balaban J connectivity index is 1.49. The van der Waals surface area contributed by atoms with Crippen LogP contribution in [0.15, 0.2) is 77.9 Å². The van der Waals surface area contributed by atoms with E-state index in [0.29, 0.717) is 30.5 Å². The molecule has 1 aromatic heterocycles. The van der Waals surface area contributed by atoms with Gasteiger partial charge in [-0.15, -0.1) is 0 Å². The van der Waals surface area contributed by atoms with Gasteiger partial charge in [-0.25, -0.2) is 4.39 Å². The van der Waals surface area contributed by atoms with Crippen molar-refractivity contribution in [2.75, 3.05) is 7.05 Å². The first-order valence-corrected chi connectivity index (χ1v) is 8.60. The highest BCUT2D eigenvalue weighted by molar-refractivity contribution is 5.79. The molecule has 3 rings (SSSR count). The van der Waals surface area contributed by atoms with Crippen LogP contribution in [0.1, 0.15) is 11.3 Å². The smallest absolute Gasteiger partial charge is 0.191 e. The quantitative estimate of drug-likeness (QED) is 0.515. The Bertz CT molecular complexity index is 865. The molecule has 0 fully saturated rings. The Morgan fingerprint density at radius 1 is 0.926 bits per heavy atom. The molecule has 0 aliphatic carbocycles. The summed E-state index contributed by atoms with van der Waals surface area (Å²) in [4.78, 5) is 8.48. The zero-order chi connectivity index (χ0) is 18.9. The second-order valence-electron chi connectivity index (χ2n) is 5.80. The number of nitrogens with zero attached hydrogens (tertiary/aromatic N) is 2. The number of hydrogen-bond acceptors (Lipinski definition) is 3. The van der Waals surface area contributed by atoms with E-state index < -0.39 is 0 Å². The first kappa shape index (κ1) is 18.4. The van der Waals surface area contributed by atoms with Crippen molar-refractivity contribution in [2.24, 2.45) is 4.99 Å². The van der Waals surface area contributed by atoms with Crippen LogP contribution in [-0.4, -0.2) is 18.0 Å². The molecule has 27 heavy (non-hydrogen) atoms. The number of guanidine groups is 1. The van der Waals surface area contributed by atoms with Gasteiger partial charge in [0, 0.05) is 19.8 Å². The monoisotopic (exact) mass is 364 g/mol. The van der Waals surface area contributed by atoms with Gasteiger partial charge in [-0.2, -0.15) is 0 Å². The normalized spacial score (nSPS) is 11.1. The number of nitrogens with one attached hydrogen (secondary N) is 2. The molecular weight excluding hydrogens is 343 g/mol. The fourth-order valence-electron chi connectivity index (χ4n) is 2.40. The van der Waals surface area contributed by atoms with Crippen LogP contribution in [0.3, 0.4) is 0 Å². The standard InChI is InChI=1S/C21H21FN4O/c1-23-21(26-15-18-4-2-3-13-24-18)25-14-16-5-9-19(10-6-16)27-20-11-7-17(22)8-12-20/h2-13H,14-15H2,1H3,(H2,23,25,26). The molecule has 0 unspecified atom stereocenters. The molecule has 5 nitrogen and oxygen atoms in total. The third-order valence-corrected chi connectivity index (χ3v) is 3.82. The summed E-state index contributed by atoms with van der Waals surface area (Å²) in [7, 11) is 1.73. The maximum absolute atomic E-state index is 12.9. The van der Waals surface area contributed by atoms with Crippen molar-refractivity contribution in [3.05, 3.63) is 90.0 Å². The SMILES string of the molecule is CN=C(NCc1ccc(Oc2ccc(F)cc2)cc1)NCc1ccccn1. The molecule has 0 radical (unpaired) electrons. The van der Waals surface area contributed by atoms with Gasteiger partial charge in [0.25, 0.3) is 0 Å². The van der Waals surface area contributed by atoms with Crippen molar-refractivity contribution in [2.45, 2.75) is 13.1 Å². The van der Waals surface area contributed by atoms with Crippen molar-refractivity contribution >= 4 is 5.96 Å². The van der Waals surface area contributed by atoms with Crippen molar-refractivity contribution in [3.63, 3.8) is 0 Å². The maximum atomic E-state index is 12.9. The fraction of sp³-hybridized carbons (Fsp3) is 0.143. The Labute approximate surface area is 157 Å². The molecule has 3 aromatic rings. The number of halogens is 1. The molecule has 2 N–H and O–H groups in total. The lowest BCUT2D eigenvalue weighted by Crippen LogP contribution is -2.36. The van der Waals surface area contributed by atoms with Gasteiger partial charge in [0.1, 0.15) is 17.3 Å². The Morgan fingerprint density at radius 2 is 1.59 bits per heavy atom. The van der Waals surface area contributed by atoms with Crippen LogP contribution < -0.4 is 15.4 Å². The average molecular weight is 364 g/mol. The largest absolute Gasteiger partial charge is 0.457 e. The summed E-state index contributed by atoms with van der Waals surface area (Å²) >= 11 is 0. The maximum Gasteiger partial charge on any atom is 0.191 e.